The van der Waals surface area contributed by atoms with Gasteiger partial charge in [-0.05, 0) is 47.1 Å². The Morgan fingerprint density at radius 1 is 1.10 bits per heavy atom. The summed E-state index contributed by atoms with van der Waals surface area (Å²) in [7, 11) is 0. The molecule has 3 nitrogen and oxygen atoms in total. The van der Waals surface area contributed by atoms with E-state index in [1.165, 1.54) is 0 Å². The molecule has 0 aliphatic carbocycles. The lowest BCUT2D eigenvalue weighted by atomic mass is 10.1. The summed E-state index contributed by atoms with van der Waals surface area (Å²) < 4.78 is 0.703. The first-order valence-corrected chi connectivity index (χ1v) is 7.36. The molecule has 2 heterocycles. The van der Waals surface area contributed by atoms with Crippen molar-refractivity contribution in [3.63, 3.8) is 0 Å². The maximum absolute atomic E-state index is 6.19. The van der Waals surface area contributed by atoms with E-state index in [4.69, 9.17) is 23.2 Å². The third-order valence-electron chi connectivity index (χ3n) is 2.93. The highest BCUT2D eigenvalue weighted by Crippen LogP contribution is 2.32. The van der Waals surface area contributed by atoms with Crippen molar-refractivity contribution >= 4 is 50.0 Å². The minimum atomic E-state index is 0.381. The molecule has 0 aliphatic rings. The Hall–Kier alpha value is -1.23. The van der Waals surface area contributed by atoms with Crippen molar-refractivity contribution in [3.8, 4) is 11.4 Å². The Balaban J connectivity index is 2.33. The summed E-state index contributed by atoms with van der Waals surface area (Å²) >= 11 is 15.7. The quantitative estimate of drug-likeness (QED) is 0.563. The Bertz CT molecular complexity index is 798. The summed E-state index contributed by atoms with van der Waals surface area (Å²) in [5.74, 6) is 0.538. The molecule has 0 saturated heterocycles. The van der Waals surface area contributed by atoms with Gasteiger partial charge in [-0.1, -0.05) is 23.2 Å². The molecular weight excluding hydrogens is 361 g/mol. The van der Waals surface area contributed by atoms with Crippen LogP contribution in [0, 0.1) is 6.92 Å². The SMILES string of the molecule is Cc1nc(-c2ccc(Cl)c3cccnc23)nc(Cl)c1Br. The summed E-state index contributed by atoms with van der Waals surface area (Å²) in [6.45, 7) is 1.87. The van der Waals surface area contributed by atoms with Crippen molar-refractivity contribution in [2.24, 2.45) is 0 Å². The molecule has 0 aliphatic heterocycles. The van der Waals surface area contributed by atoms with E-state index in [0.717, 1.165) is 22.2 Å². The second kappa shape index (κ2) is 5.28. The summed E-state index contributed by atoms with van der Waals surface area (Å²) in [5, 5.41) is 1.90. The standard InChI is InChI=1S/C14H8BrCl2N3/c1-7-11(15)13(17)20-14(19-7)9-4-5-10(16)8-3-2-6-18-12(8)9/h2-6H,1H3. The first kappa shape index (κ1) is 13.7. The molecule has 0 radical (unpaired) electrons. The van der Waals surface area contributed by atoms with Crippen LogP contribution in [0.25, 0.3) is 22.3 Å². The van der Waals surface area contributed by atoms with Crippen LogP contribution in [0.3, 0.4) is 0 Å². The third kappa shape index (κ3) is 2.28. The Labute approximate surface area is 134 Å². The number of benzene rings is 1. The molecule has 3 rings (SSSR count). The van der Waals surface area contributed by atoms with Crippen molar-refractivity contribution < 1.29 is 0 Å². The van der Waals surface area contributed by atoms with Crippen molar-refractivity contribution in [2.75, 3.05) is 0 Å². The van der Waals surface area contributed by atoms with Gasteiger partial charge in [-0.2, -0.15) is 0 Å². The molecule has 100 valence electrons. The fraction of sp³-hybridized carbons (Fsp3) is 0.0714. The second-order valence-corrected chi connectivity index (χ2v) is 5.79. The number of aryl methyl sites for hydroxylation is 1. The summed E-state index contributed by atoms with van der Waals surface area (Å²) in [6, 6.07) is 7.44. The van der Waals surface area contributed by atoms with Gasteiger partial charge in [-0.15, -0.1) is 0 Å². The fourth-order valence-corrected chi connectivity index (χ4v) is 2.57. The van der Waals surface area contributed by atoms with Crippen LogP contribution in [0.5, 0.6) is 0 Å². The number of fused-ring (bicyclic) bond motifs is 1. The van der Waals surface area contributed by atoms with Crippen LogP contribution in [0.4, 0.5) is 0 Å². The molecule has 0 amide bonds. The van der Waals surface area contributed by atoms with Gasteiger partial charge in [0.1, 0.15) is 5.15 Å². The first-order valence-electron chi connectivity index (χ1n) is 5.81. The number of halogens is 3. The average Bonchev–Trinajstić information content (AvgIpc) is 2.45. The molecular formula is C14H8BrCl2N3. The van der Waals surface area contributed by atoms with Gasteiger partial charge in [-0.3, -0.25) is 4.98 Å². The van der Waals surface area contributed by atoms with Crippen LogP contribution < -0.4 is 0 Å². The van der Waals surface area contributed by atoms with E-state index in [-0.39, 0.29) is 0 Å². The predicted octanol–water partition coefficient (Wildman–Crippen LogP) is 5.07. The van der Waals surface area contributed by atoms with Crippen LogP contribution in [-0.4, -0.2) is 15.0 Å². The van der Waals surface area contributed by atoms with Gasteiger partial charge in [0, 0.05) is 17.1 Å². The second-order valence-electron chi connectivity index (χ2n) is 4.23. The predicted molar refractivity (Wildman–Crippen MR) is 85.2 cm³/mol. The average molecular weight is 369 g/mol. The zero-order chi connectivity index (χ0) is 14.3. The Morgan fingerprint density at radius 2 is 1.90 bits per heavy atom. The van der Waals surface area contributed by atoms with Gasteiger partial charge in [0.05, 0.1) is 20.7 Å². The molecule has 0 bridgehead atoms. The van der Waals surface area contributed by atoms with E-state index in [2.05, 4.69) is 30.9 Å². The molecule has 0 atom stereocenters. The lowest BCUT2D eigenvalue weighted by molar-refractivity contribution is 1.09. The largest absolute Gasteiger partial charge is 0.255 e. The third-order valence-corrected chi connectivity index (χ3v) is 4.71. The van der Waals surface area contributed by atoms with E-state index < -0.39 is 0 Å². The highest BCUT2D eigenvalue weighted by Gasteiger charge is 2.13. The number of pyridine rings is 1. The monoisotopic (exact) mass is 367 g/mol. The van der Waals surface area contributed by atoms with Gasteiger partial charge in [0.25, 0.3) is 0 Å². The summed E-state index contributed by atoms with van der Waals surface area (Å²) in [4.78, 5) is 13.1. The maximum Gasteiger partial charge on any atom is 0.163 e. The molecule has 0 N–H and O–H groups in total. The van der Waals surface area contributed by atoms with E-state index in [9.17, 15) is 0 Å². The highest BCUT2D eigenvalue weighted by atomic mass is 79.9. The fourth-order valence-electron chi connectivity index (χ4n) is 1.96. The zero-order valence-corrected chi connectivity index (χ0v) is 13.5. The number of nitrogens with zero attached hydrogens (tertiary/aromatic N) is 3. The molecule has 20 heavy (non-hydrogen) atoms. The van der Waals surface area contributed by atoms with Gasteiger partial charge in [0.15, 0.2) is 5.82 Å². The molecule has 1 aromatic carbocycles. The van der Waals surface area contributed by atoms with Crippen molar-refractivity contribution in [3.05, 3.63) is 50.8 Å². The Morgan fingerprint density at radius 3 is 2.65 bits per heavy atom. The van der Waals surface area contributed by atoms with Crippen molar-refractivity contribution in [2.45, 2.75) is 6.92 Å². The number of rotatable bonds is 1. The van der Waals surface area contributed by atoms with Crippen molar-refractivity contribution in [1.82, 2.24) is 15.0 Å². The van der Waals surface area contributed by atoms with E-state index in [1.807, 2.05) is 31.2 Å². The number of hydrogen-bond donors (Lipinski definition) is 0. The normalized spacial score (nSPS) is 11.0. The van der Waals surface area contributed by atoms with Crippen LogP contribution in [-0.2, 0) is 0 Å². The minimum absolute atomic E-state index is 0.381. The van der Waals surface area contributed by atoms with E-state index >= 15 is 0 Å². The van der Waals surface area contributed by atoms with Crippen LogP contribution >= 0.6 is 39.1 Å². The first-order chi connectivity index (χ1) is 9.58. The molecule has 3 aromatic rings. The smallest absolute Gasteiger partial charge is 0.163 e. The van der Waals surface area contributed by atoms with Gasteiger partial charge >= 0.3 is 0 Å². The lowest BCUT2D eigenvalue weighted by Gasteiger charge is -2.08. The molecule has 0 unspecified atom stereocenters. The van der Waals surface area contributed by atoms with Gasteiger partial charge in [0.2, 0.25) is 0 Å². The number of hydrogen-bond acceptors (Lipinski definition) is 3. The molecule has 2 aromatic heterocycles. The van der Waals surface area contributed by atoms with Crippen LogP contribution in [0.15, 0.2) is 34.9 Å². The van der Waals surface area contributed by atoms with E-state index in [1.54, 1.807) is 6.20 Å². The molecule has 0 saturated carbocycles. The zero-order valence-electron chi connectivity index (χ0n) is 10.4. The summed E-state index contributed by atoms with van der Waals surface area (Å²) in [5.41, 5.74) is 2.35. The van der Waals surface area contributed by atoms with Gasteiger partial charge in [-0.25, -0.2) is 9.97 Å². The molecule has 6 heteroatoms. The van der Waals surface area contributed by atoms with E-state index in [0.29, 0.717) is 20.5 Å². The van der Waals surface area contributed by atoms with Crippen molar-refractivity contribution in [1.29, 1.82) is 0 Å². The molecule has 0 fully saturated rings. The highest BCUT2D eigenvalue weighted by molar-refractivity contribution is 9.10. The maximum atomic E-state index is 6.19. The Kier molecular flexibility index (Phi) is 3.63. The number of aromatic nitrogens is 3. The summed E-state index contributed by atoms with van der Waals surface area (Å²) in [6.07, 6.45) is 1.72. The molecule has 0 spiro atoms. The minimum Gasteiger partial charge on any atom is -0.255 e. The van der Waals surface area contributed by atoms with Crippen LogP contribution in [0.1, 0.15) is 5.69 Å². The topological polar surface area (TPSA) is 38.7 Å². The lowest BCUT2D eigenvalue weighted by Crippen LogP contribution is -1.96. The van der Waals surface area contributed by atoms with Crippen LogP contribution in [0.2, 0.25) is 10.2 Å². The van der Waals surface area contributed by atoms with Gasteiger partial charge < -0.3 is 0 Å².